The average molecular weight is 496 g/mol. The van der Waals surface area contributed by atoms with Crippen LogP contribution < -0.4 is 10.1 Å². The quantitative estimate of drug-likeness (QED) is 0.325. The van der Waals surface area contributed by atoms with Crippen molar-refractivity contribution in [2.45, 2.75) is 18.7 Å². The van der Waals surface area contributed by atoms with Crippen LogP contribution in [0.15, 0.2) is 78.9 Å². The van der Waals surface area contributed by atoms with Gasteiger partial charge < -0.3 is 20.3 Å². The molecule has 36 heavy (non-hydrogen) atoms. The first-order chi connectivity index (χ1) is 17.2. The van der Waals surface area contributed by atoms with E-state index in [9.17, 15) is 23.1 Å². The lowest BCUT2D eigenvalue weighted by Crippen LogP contribution is -2.21. The van der Waals surface area contributed by atoms with Gasteiger partial charge in [-0.1, -0.05) is 42.5 Å². The molecule has 4 aromatic rings. The Labute approximate surface area is 205 Å². The van der Waals surface area contributed by atoms with Crippen LogP contribution >= 0.6 is 0 Å². The molecule has 1 aromatic heterocycles. The van der Waals surface area contributed by atoms with E-state index < -0.39 is 24.5 Å². The van der Waals surface area contributed by atoms with E-state index in [1.54, 1.807) is 54.6 Å². The second-order valence-corrected chi connectivity index (χ2v) is 8.16. The van der Waals surface area contributed by atoms with E-state index in [1.807, 2.05) is 6.07 Å². The molecule has 0 saturated carbocycles. The van der Waals surface area contributed by atoms with E-state index in [1.165, 1.54) is 6.07 Å². The Morgan fingerprint density at radius 2 is 1.78 bits per heavy atom. The molecule has 6 nitrogen and oxygen atoms in total. The third kappa shape index (κ3) is 6.18. The van der Waals surface area contributed by atoms with Crippen LogP contribution in [0.3, 0.4) is 0 Å². The highest BCUT2D eigenvalue weighted by atomic mass is 19.4. The molecule has 0 aliphatic rings. The molecule has 0 radical (unpaired) electrons. The van der Waals surface area contributed by atoms with Gasteiger partial charge >= 0.3 is 6.18 Å². The lowest BCUT2D eigenvalue weighted by Gasteiger charge is -2.12. The van der Waals surface area contributed by atoms with Gasteiger partial charge in [-0.25, -0.2) is 4.98 Å². The van der Waals surface area contributed by atoms with E-state index in [4.69, 9.17) is 9.84 Å². The summed E-state index contributed by atoms with van der Waals surface area (Å²) in [6.45, 7) is -0.519. The highest BCUT2D eigenvalue weighted by Crippen LogP contribution is 2.32. The largest absolute Gasteiger partial charge is 0.491 e. The van der Waals surface area contributed by atoms with Crippen LogP contribution in [-0.2, 0) is 17.4 Å². The van der Waals surface area contributed by atoms with E-state index >= 15 is 0 Å². The number of halogens is 3. The zero-order chi connectivity index (χ0) is 25.7. The summed E-state index contributed by atoms with van der Waals surface area (Å²) < 4.78 is 44.8. The standard InChI is InChI=1S/C27H23F3N2O4/c28-27(29,30)20-7-2-5-18(12-20)24-11-10-17-4-1-6-19(26(17)32-24)13-25(35)31-21-8-3-9-23(14-21)36-16-22(34)15-33/h1-12,14,22,33-34H,13,15-16H2,(H,31,35)/t22-/m1/s1. The summed E-state index contributed by atoms with van der Waals surface area (Å²) in [5.41, 5.74) is 1.57. The molecule has 0 saturated heterocycles. The van der Waals surface area contributed by atoms with E-state index in [0.717, 1.165) is 17.5 Å². The maximum atomic E-state index is 13.1. The Balaban J connectivity index is 1.54. The molecule has 3 N–H and O–H groups in total. The van der Waals surface area contributed by atoms with Crippen LogP contribution in [-0.4, -0.2) is 40.4 Å². The number of aromatic nitrogens is 1. The summed E-state index contributed by atoms with van der Waals surface area (Å²) in [5, 5.41) is 21.9. The Hall–Kier alpha value is -3.95. The highest BCUT2D eigenvalue weighted by Gasteiger charge is 2.30. The number of benzene rings is 3. The van der Waals surface area contributed by atoms with Gasteiger partial charge in [0, 0.05) is 22.7 Å². The molecular formula is C27H23F3N2O4. The molecule has 3 aromatic carbocycles. The Morgan fingerprint density at radius 3 is 2.56 bits per heavy atom. The summed E-state index contributed by atoms with van der Waals surface area (Å²) in [7, 11) is 0. The van der Waals surface area contributed by atoms with Gasteiger partial charge in [-0.15, -0.1) is 0 Å². The number of aliphatic hydroxyl groups excluding tert-OH is 2. The summed E-state index contributed by atoms with van der Waals surface area (Å²) in [5.74, 6) is 0.0965. The molecule has 1 atom stereocenters. The number of nitrogens with zero attached hydrogens (tertiary/aromatic N) is 1. The predicted octanol–water partition coefficient (Wildman–Crippen LogP) is 4.83. The minimum Gasteiger partial charge on any atom is -0.491 e. The fraction of sp³-hybridized carbons (Fsp3) is 0.185. The molecule has 0 aliphatic carbocycles. The van der Waals surface area contributed by atoms with Crippen molar-refractivity contribution in [3.63, 3.8) is 0 Å². The summed E-state index contributed by atoms with van der Waals surface area (Å²) in [6.07, 6.45) is -5.48. The van der Waals surface area contributed by atoms with Crippen LogP contribution in [0.2, 0.25) is 0 Å². The molecule has 9 heteroatoms. The lowest BCUT2D eigenvalue weighted by molar-refractivity contribution is -0.137. The zero-order valence-electron chi connectivity index (χ0n) is 19.0. The minimum atomic E-state index is -4.46. The van der Waals surface area contributed by atoms with Crippen molar-refractivity contribution in [1.82, 2.24) is 4.98 Å². The smallest absolute Gasteiger partial charge is 0.416 e. The first kappa shape index (κ1) is 25.2. The van der Waals surface area contributed by atoms with Gasteiger partial charge in [-0.3, -0.25) is 4.79 Å². The number of ether oxygens (including phenoxy) is 1. The molecule has 1 amide bonds. The Bertz CT molecular complexity index is 1370. The van der Waals surface area contributed by atoms with Crippen molar-refractivity contribution in [2.24, 2.45) is 0 Å². The zero-order valence-corrected chi connectivity index (χ0v) is 19.0. The van der Waals surface area contributed by atoms with Gasteiger partial charge in [0.2, 0.25) is 5.91 Å². The fourth-order valence-corrected chi connectivity index (χ4v) is 3.65. The van der Waals surface area contributed by atoms with E-state index in [2.05, 4.69) is 10.3 Å². The van der Waals surface area contributed by atoms with Gasteiger partial charge in [0.1, 0.15) is 18.5 Å². The second kappa shape index (κ2) is 10.8. The third-order valence-corrected chi connectivity index (χ3v) is 5.41. The maximum Gasteiger partial charge on any atom is 0.416 e. The predicted molar refractivity (Wildman–Crippen MR) is 130 cm³/mol. The number of amides is 1. The van der Waals surface area contributed by atoms with Crippen molar-refractivity contribution in [3.8, 4) is 17.0 Å². The number of pyridine rings is 1. The monoisotopic (exact) mass is 496 g/mol. The molecule has 186 valence electrons. The number of carbonyl (C=O) groups is 1. The van der Waals surface area contributed by atoms with E-state index in [0.29, 0.717) is 33.8 Å². The highest BCUT2D eigenvalue weighted by molar-refractivity contribution is 5.95. The number of anilines is 1. The number of aliphatic hydroxyl groups is 2. The topological polar surface area (TPSA) is 91.7 Å². The van der Waals surface area contributed by atoms with Crippen LogP contribution in [0.5, 0.6) is 5.75 Å². The number of carbonyl (C=O) groups excluding carboxylic acids is 1. The van der Waals surface area contributed by atoms with Gasteiger partial charge in [-0.2, -0.15) is 13.2 Å². The number of rotatable bonds is 8. The summed E-state index contributed by atoms with van der Waals surface area (Å²) in [4.78, 5) is 17.4. The second-order valence-electron chi connectivity index (χ2n) is 8.16. The number of fused-ring (bicyclic) bond motifs is 1. The SMILES string of the molecule is O=C(Cc1cccc2ccc(-c3cccc(C(F)(F)F)c3)nc12)Nc1cccc(OC[C@H](O)CO)c1. The lowest BCUT2D eigenvalue weighted by atomic mass is 10.0. The van der Waals surface area contributed by atoms with Crippen molar-refractivity contribution < 1.29 is 32.9 Å². The number of para-hydroxylation sites is 1. The molecule has 0 unspecified atom stereocenters. The van der Waals surface area contributed by atoms with Crippen molar-refractivity contribution in [1.29, 1.82) is 0 Å². The number of hydrogen-bond acceptors (Lipinski definition) is 5. The average Bonchev–Trinajstić information content (AvgIpc) is 2.87. The van der Waals surface area contributed by atoms with Gasteiger partial charge in [0.05, 0.1) is 29.8 Å². The first-order valence-electron chi connectivity index (χ1n) is 11.1. The van der Waals surface area contributed by atoms with Gasteiger partial charge in [0.15, 0.2) is 0 Å². The number of nitrogens with one attached hydrogen (secondary N) is 1. The van der Waals surface area contributed by atoms with Gasteiger partial charge in [-0.05, 0) is 35.9 Å². The number of alkyl halides is 3. The van der Waals surface area contributed by atoms with E-state index in [-0.39, 0.29) is 18.9 Å². The van der Waals surface area contributed by atoms with Crippen molar-refractivity contribution in [3.05, 3.63) is 90.0 Å². The molecule has 4 rings (SSSR count). The van der Waals surface area contributed by atoms with Gasteiger partial charge in [0.25, 0.3) is 0 Å². The van der Waals surface area contributed by atoms with Crippen LogP contribution in [0.4, 0.5) is 18.9 Å². The molecule has 0 bridgehead atoms. The van der Waals surface area contributed by atoms with Crippen molar-refractivity contribution in [2.75, 3.05) is 18.5 Å². The normalized spacial score (nSPS) is 12.4. The maximum absolute atomic E-state index is 13.1. The van der Waals surface area contributed by atoms with Crippen LogP contribution in [0, 0.1) is 0 Å². The molecule has 0 spiro atoms. The Kier molecular flexibility index (Phi) is 7.52. The fourth-order valence-electron chi connectivity index (χ4n) is 3.65. The minimum absolute atomic E-state index is 0.00923. The summed E-state index contributed by atoms with van der Waals surface area (Å²) in [6, 6.07) is 20.4. The Morgan fingerprint density at radius 1 is 1.00 bits per heavy atom. The molecule has 0 aliphatic heterocycles. The molecule has 0 fully saturated rings. The first-order valence-corrected chi connectivity index (χ1v) is 11.1. The molecule has 1 heterocycles. The molecular weight excluding hydrogens is 473 g/mol. The number of hydrogen-bond donors (Lipinski definition) is 3. The van der Waals surface area contributed by atoms with Crippen LogP contribution in [0.1, 0.15) is 11.1 Å². The third-order valence-electron chi connectivity index (χ3n) is 5.41. The summed E-state index contributed by atoms with van der Waals surface area (Å²) >= 11 is 0. The van der Waals surface area contributed by atoms with Crippen molar-refractivity contribution >= 4 is 22.5 Å². The van der Waals surface area contributed by atoms with Crippen LogP contribution in [0.25, 0.3) is 22.2 Å².